The highest BCUT2D eigenvalue weighted by atomic mass is 28.3. The summed E-state index contributed by atoms with van der Waals surface area (Å²) in [6.07, 6.45) is 0.865. The molecular weight excluding hydrogens is 549 g/mol. The standard InChI is InChI=1S/C42H38OSi/c1-28(2)44(29(3)4,30(5)6)22-21-38-41-25-35-13-9-7-11-33(35)23-39(41)37(20-19-31-15-17-32(27-43)18-16-31)40-24-34-12-8-10-14-36(34)26-42(38)40/h7-18,23-30H,1-6H3. The third-order valence-corrected chi connectivity index (χ3v) is 15.8. The van der Waals surface area contributed by atoms with Gasteiger partial charge in [-0.15, -0.1) is 5.54 Å². The van der Waals surface area contributed by atoms with Gasteiger partial charge in [0.15, 0.2) is 0 Å². The topological polar surface area (TPSA) is 17.1 Å². The van der Waals surface area contributed by atoms with Crippen LogP contribution in [0, 0.1) is 23.3 Å². The molecule has 0 heterocycles. The Kier molecular flexibility index (Phi) is 7.90. The first-order valence-electron chi connectivity index (χ1n) is 15.6. The van der Waals surface area contributed by atoms with Crippen LogP contribution in [0.5, 0.6) is 0 Å². The molecule has 0 aliphatic rings. The average Bonchev–Trinajstić information content (AvgIpc) is 3.02. The van der Waals surface area contributed by atoms with E-state index in [-0.39, 0.29) is 0 Å². The largest absolute Gasteiger partial charge is 0.298 e. The maximum Gasteiger partial charge on any atom is 0.150 e. The van der Waals surface area contributed by atoms with Gasteiger partial charge in [0.2, 0.25) is 0 Å². The summed E-state index contributed by atoms with van der Waals surface area (Å²) >= 11 is 0. The van der Waals surface area contributed by atoms with E-state index in [1.165, 1.54) is 21.5 Å². The molecule has 0 saturated heterocycles. The summed E-state index contributed by atoms with van der Waals surface area (Å²) in [5.41, 5.74) is 9.32. The van der Waals surface area contributed by atoms with E-state index in [0.29, 0.717) is 22.2 Å². The van der Waals surface area contributed by atoms with E-state index >= 15 is 0 Å². The summed E-state index contributed by atoms with van der Waals surface area (Å²) in [5, 5.41) is 9.33. The van der Waals surface area contributed by atoms with Crippen molar-refractivity contribution in [2.75, 3.05) is 0 Å². The van der Waals surface area contributed by atoms with Gasteiger partial charge < -0.3 is 0 Å². The number of carbonyl (C=O) groups is 1. The monoisotopic (exact) mass is 586 g/mol. The van der Waals surface area contributed by atoms with E-state index in [1.807, 2.05) is 24.3 Å². The zero-order chi connectivity index (χ0) is 31.0. The molecule has 44 heavy (non-hydrogen) atoms. The van der Waals surface area contributed by atoms with Crippen molar-refractivity contribution in [3.63, 3.8) is 0 Å². The Morgan fingerprint density at radius 3 is 1.27 bits per heavy atom. The molecule has 0 fully saturated rings. The molecule has 1 nitrogen and oxygen atoms in total. The van der Waals surface area contributed by atoms with Crippen molar-refractivity contribution < 1.29 is 4.79 Å². The maximum atomic E-state index is 11.2. The molecule has 0 N–H and O–H groups in total. The molecule has 6 rings (SSSR count). The summed E-state index contributed by atoms with van der Waals surface area (Å²) in [4.78, 5) is 11.2. The van der Waals surface area contributed by atoms with Gasteiger partial charge in [0.25, 0.3) is 0 Å². The molecular formula is C42H38OSi. The van der Waals surface area contributed by atoms with Gasteiger partial charge in [0.05, 0.1) is 0 Å². The van der Waals surface area contributed by atoms with Gasteiger partial charge in [-0.1, -0.05) is 120 Å². The smallest absolute Gasteiger partial charge is 0.150 e. The molecule has 0 aliphatic heterocycles. The fraction of sp³-hybridized carbons (Fsp3) is 0.214. The summed E-state index contributed by atoms with van der Waals surface area (Å²) in [6, 6.07) is 33.8. The van der Waals surface area contributed by atoms with Crippen molar-refractivity contribution in [2.45, 2.75) is 58.2 Å². The van der Waals surface area contributed by atoms with Crippen LogP contribution in [0.15, 0.2) is 97.1 Å². The van der Waals surface area contributed by atoms with Gasteiger partial charge in [0, 0.05) is 22.3 Å². The first kappa shape index (κ1) is 29.4. The van der Waals surface area contributed by atoms with Gasteiger partial charge in [-0.05, 0) is 96.1 Å². The summed E-state index contributed by atoms with van der Waals surface area (Å²) < 4.78 is 0. The van der Waals surface area contributed by atoms with E-state index in [0.717, 1.165) is 44.5 Å². The average molecular weight is 587 g/mol. The third-order valence-electron chi connectivity index (χ3n) is 9.50. The molecule has 0 aromatic heterocycles. The van der Waals surface area contributed by atoms with E-state index in [2.05, 4.69) is 138 Å². The Labute approximate surface area is 262 Å². The second-order valence-electron chi connectivity index (χ2n) is 12.9. The molecule has 2 heteroatoms. The van der Waals surface area contributed by atoms with E-state index in [1.54, 1.807) is 0 Å². The highest BCUT2D eigenvalue weighted by molar-refractivity contribution is 6.90. The molecule has 0 spiro atoms. The number of hydrogen-bond donors (Lipinski definition) is 0. The van der Waals surface area contributed by atoms with Crippen LogP contribution in [0.4, 0.5) is 0 Å². The van der Waals surface area contributed by atoms with Crippen LogP contribution < -0.4 is 0 Å². The summed E-state index contributed by atoms with van der Waals surface area (Å²) in [6.45, 7) is 14.2. The van der Waals surface area contributed by atoms with Crippen molar-refractivity contribution in [1.29, 1.82) is 0 Å². The molecule has 0 atom stereocenters. The van der Waals surface area contributed by atoms with Gasteiger partial charge in [-0.3, -0.25) is 4.79 Å². The van der Waals surface area contributed by atoms with E-state index < -0.39 is 8.07 Å². The van der Waals surface area contributed by atoms with Gasteiger partial charge in [-0.25, -0.2) is 0 Å². The molecule has 0 saturated carbocycles. The lowest BCUT2D eigenvalue weighted by Crippen LogP contribution is -2.43. The normalized spacial score (nSPS) is 11.8. The molecule has 0 radical (unpaired) electrons. The fourth-order valence-corrected chi connectivity index (χ4v) is 12.5. The third kappa shape index (κ3) is 5.11. The minimum atomic E-state index is -1.99. The van der Waals surface area contributed by atoms with Gasteiger partial charge >= 0.3 is 0 Å². The number of rotatable bonds is 4. The van der Waals surface area contributed by atoms with Crippen molar-refractivity contribution in [3.05, 3.63) is 119 Å². The Bertz CT molecular complexity index is 2060. The number of aldehydes is 1. The fourth-order valence-electron chi connectivity index (χ4n) is 7.25. The van der Waals surface area contributed by atoms with Gasteiger partial charge in [0.1, 0.15) is 14.4 Å². The van der Waals surface area contributed by atoms with Crippen LogP contribution in [-0.2, 0) is 0 Å². The maximum absolute atomic E-state index is 11.2. The first-order chi connectivity index (χ1) is 21.2. The lowest BCUT2D eigenvalue weighted by Gasteiger charge is -2.38. The lowest BCUT2D eigenvalue weighted by molar-refractivity contribution is 0.112. The molecule has 6 aromatic carbocycles. The first-order valence-corrected chi connectivity index (χ1v) is 17.9. The second-order valence-corrected chi connectivity index (χ2v) is 18.5. The number of benzene rings is 6. The second kappa shape index (κ2) is 11.8. The van der Waals surface area contributed by atoms with Crippen LogP contribution >= 0.6 is 0 Å². The summed E-state index contributed by atoms with van der Waals surface area (Å²) in [7, 11) is -1.99. The van der Waals surface area contributed by atoms with Crippen molar-refractivity contribution in [3.8, 4) is 23.3 Å². The quantitative estimate of drug-likeness (QED) is 0.0869. The summed E-state index contributed by atoms with van der Waals surface area (Å²) in [5.74, 6) is 10.9. The highest BCUT2D eigenvalue weighted by Crippen LogP contribution is 2.42. The predicted molar refractivity (Wildman–Crippen MR) is 192 cm³/mol. The minimum Gasteiger partial charge on any atom is -0.298 e. The number of hydrogen-bond acceptors (Lipinski definition) is 1. The van der Waals surface area contributed by atoms with Crippen molar-refractivity contribution in [1.82, 2.24) is 0 Å². The molecule has 0 unspecified atom stereocenters. The molecule has 0 aliphatic carbocycles. The molecule has 0 amide bonds. The SMILES string of the molecule is CC(C)[Si](C#Cc1c2cc3ccccc3cc2c(C#Cc2ccc(C=O)cc2)c2cc3ccccc3cc12)(C(C)C)C(C)C. The van der Waals surface area contributed by atoms with Crippen LogP contribution in [0.3, 0.4) is 0 Å². The Morgan fingerprint density at radius 1 is 0.523 bits per heavy atom. The Morgan fingerprint density at radius 2 is 0.909 bits per heavy atom. The number of carbonyl (C=O) groups excluding carboxylic acids is 1. The Balaban J connectivity index is 1.77. The van der Waals surface area contributed by atoms with E-state index in [4.69, 9.17) is 0 Å². The van der Waals surface area contributed by atoms with Crippen LogP contribution in [0.2, 0.25) is 16.6 Å². The molecule has 0 bridgehead atoms. The van der Waals surface area contributed by atoms with Gasteiger partial charge in [-0.2, -0.15) is 0 Å². The predicted octanol–water partition coefficient (Wildman–Crippen LogP) is 11.1. The zero-order valence-corrected chi connectivity index (χ0v) is 27.5. The molecule has 6 aromatic rings. The minimum absolute atomic E-state index is 0.546. The van der Waals surface area contributed by atoms with E-state index in [9.17, 15) is 4.79 Å². The van der Waals surface area contributed by atoms with Crippen LogP contribution in [0.25, 0.3) is 43.1 Å². The van der Waals surface area contributed by atoms with Crippen molar-refractivity contribution in [2.24, 2.45) is 0 Å². The number of fused-ring (bicyclic) bond motifs is 4. The lowest BCUT2D eigenvalue weighted by atomic mass is 9.89. The highest BCUT2D eigenvalue weighted by Gasteiger charge is 2.41. The van der Waals surface area contributed by atoms with Crippen LogP contribution in [0.1, 0.15) is 68.6 Å². The zero-order valence-electron chi connectivity index (χ0n) is 26.5. The Hall–Kier alpha value is -4.63. The van der Waals surface area contributed by atoms with Crippen molar-refractivity contribution >= 4 is 57.4 Å². The van der Waals surface area contributed by atoms with Crippen LogP contribution in [-0.4, -0.2) is 14.4 Å². The molecule has 216 valence electrons.